The molecule has 0 amide bonds. The highest BCUT2D eigenvalue weighted by Crippen LogP contribution is 2.57. The van der Waals surface area contributed by atoms with E-state index in [-0.39, 0.29) is 5.69 Å². The molecule has 37 heavy (non-hydrogen) atoms. The molecule has 5 rings (SSSR count). The largest absolute Gasteiger partial charge is 0.328 e. The predicted octanol–water partition coefficient (Wildman–Crippen LogP) is 5.38. The molecule has 1 aliphatic carbocycles. The lowest BCUT2D eigenvalue weighted by atomic mass is 10.0. The van der Waals surface area contributed by atoms with Crippen molar-refractivity contribution in [3.05, 3.63) is 70.7 Å². The number of pyridine rings is 1. The summed E-state index contributed by atoms with van der Waals surface area (Å²) in [4.78, 5) is 18.5. The molecule has 2 atom stereocenters. The van der Waals surface area contributed by atoms with Crippen LogP contribution in [0.25, 0.3) is 22.5 Å². The van der Waals surface area contributed by atoms with Crippen LogP contribution in [0.3, 0.4) is 0 Å². The van der Waals surface area contributed by atoms with Gasteiger partial charge in [-0.25, -0.2) is 4.79 Å². The Kier molecular flexibility index (Phi) is 7.09. The summed E-state index contributed by atoms with van der Waals surface area (Å²) in [6, 6.07) is 12.3. The number of aromatic amines is 1. The predicted molar refractivity (Wildman–Crippen MR) is 145 cm³/mol. The molecule has 1 aliphatic rings. The molecular formula is C29H37N7O. The van der Waals surface area contributed by atoms with Crippen LogP contribution >= 0.6 is 0 Å². The summed E-state index contributed by atoms with van der Waals surface area (Å²) >= 11 is 0. The van der Waals surface area contributed by atoms with E-state index in [9.17, 15) is 4.79 Å². The molecule has 0 aliphatic heterocycles. The van der Waals surface area contributed by atoms with Gasteiger partial charge in [-0.05, 0) is 53.4 Å². The van der Waals surface area contributed by atoms with E-state index in [0.717, 1.165) is 47.3 Å². The van der Waals surface area contributed by atoms with Gasteiger partial charge in [0.15, 0.2) is 0 Å². The number of hydrogen-bond donors (Lipinski definition) is 1. The second kappa shape index (κ2) is 10.4. The molecule has 0 radical (unpaired) electrons. The zero-order valence-electron chi connectivity index (χ0n) is 22.4. The third kappa shape index (κ3) is 4.89. The van der Waals surface area contributed by atoms with E-state index in [1.165, 1.54) is 0 Å². The number of aryl methyl sites for hydroxylation is 1. The summed E-state index contributed by atoms with van der Waals surface area (Å²) in [6.45, 7) is 11.8. The fraction of sp³-hybridized carbons (Fsp3) is 0.483. The van der Waals surface area contributed by atoms with Crippen molar-refractivity contribution in [3.63, 3.8) is 0 Å². The van der Waals surface area contributed by atoms with Crippen LogP contribution in [-0.2, 0) is 13.0 Å². The van der Waals surface area contributed by atoms with Crippen LogP contribution in [0.4, 0.5) is 0 Å². The Balaban J connectivity index is 1.44. The summed E-state index contributed by atoms with van der Waals surface area (Å²) in [5.41, 5.74) is 4.93. The molecule has 3 heterocycles. The van der Waals surface area contributed by atoms with Crippen molar-refractivity contribution in [1.29, 1.82) is 0 Å². The van der Waals surface area contributed by atoms with Gasteiger partial charge >= 0.3 is 5.69 Å². The minimum atomic E-state index is 0.0956. The SMILES string of the molecule is CCCCc1cn(C2C(C(C)C)C2C(C)C)c(=O)n1Cc1ccc(-c2ccccc2-c2nn[nH]n2)cn1. The van der Waals surface area contributed by atoms with Crippen molar-refractivity contribution in [1.82, 2.24) is 34.7 Å². The van der Waals surface area contributed by atoms with Crippen LogP contribution in [0.15, 0.2) is 53.6 Å². The summed E-state index contributed by atoms with van der Waals surface area (Å²) in [6.07, 6.45) is 7.07. The molecule has 1 saturated carbocycles. The highest BCUT2D eigenvalue weighted by atomic mass is 16.1. The Morgan fingerprint density at radius 3 is 2.32 bits per heavy atom. The van der Waals surface area contributed by atoms with Gasteiger partial charge in [0.2, 0.25) is 5.82 Å². The van der Waals surface area contributed by atoms with Gasteiger partial charge in [-0.1, -0.05) is 71.4 Å². The van der Waals surface area contributed by atoms with Gasteiger partial charge in [-0.15, -0.1) is 10.2 Å². The van der Waals surface area contributed by atoms with E-state index in [1.54, 1.807) is 0 Å². The molecule has 3 aromatic heterocycles. The quantitative estimate of drug-likeness (QED) is 0.316. The van der Waals surface area contributed by atoms with Crippen LogP contribution in [0.2, 0.25) is 0 Å². The number of rotatable bonds is 10. The third-order valence-electron chi connectivity index (χ3n) is 7.80. The minimum Gasteiger partial charge on any atom is -0.295 e. The highest BCUT2D eigenvalue weighted by Gasteiger charge is 2.54. The normalized spacial score (nSPS) is 19.2. The summed E-state index contributed by atoms with van der Waals surface area (Å²) in [5.74, 6) is 2.80. The first-order valence-electron chi connectivity index (χ1n) is 13.5. The minimum absolute atomic E-state index is 0.0956. The first kappa shape index (κ1) is 25.1. The van der Waals surface area contributed by atoms with Crippen molar-refractivity contribution in [3.8, 4) is 22.5 Å². The maximum absolute atomic E-state index is 13.7. The van der Waals surface area contributed by atoms with Gasteiger partial charge in [0, 0.05) is 35.3 Å². The molecule has 1 aromatic carbocycles. The van der Waals surface area contributed by atoms with Crippen LogP contribution in [0, 0.1) is 23.7 Å². The lowest BCUT2D eigenvalue weighted by molar-refractivity contribution is 0.448. The third-order valence-corrected chi connectivity index (χ3v) is 7.80. The maximum Gasteiger partial charge on any atom is 0.328 e. The number of hydrogen-bond acceptors (Lipinski definition) is 5. The number of imidazole rings is 1. The van der Waals surface area contributed by atoms with Crippen LogP contribution in [0.1, 0.15) is 64.9 Å². The molecule has 194 valence electrons. The number of benzene rings is 1. The lowest BCUT2D eigenvalue weighted by Gasteiger charge is -2.09. The van der Waals surface area contributed by atoms with Gasteiger partial charge in [-0.3, -0.25) is 14.1 Å². The van der Waals surface area contributed by atoms with E-state index < -0.39 is 0 Å². The molecule has 8 nitrogen and oxygen atoms in total. The molecule has 8 heteroatoms. The van der Waals surface area contributed by atoms with Crippen molar-refractivity contribution >= 4 is 0 Å². The van der Waals surface area contributed by atoms with Crippen molar-refractivity contribution < 1.29 is 0 Å². The molecular weight excluding hydrogens is 462 g/mol. The Bertz CT molecular complexity index is 1370. The molecule has 4 aromatic rings. The monoisotopic (exact) mass is 499 g/mol. The molecule has 0 spiro atoms. The molecule has 1 fully saturated rings. The second-order valence-electron chi connectivity index (χ2n) is 11.0. The first-order valence-corrected chi connectivity index (χ1v) is 13.5. The maximum atomic E-state index is 13.7. The average molecular weight is 500 g/mol. The van der Waals surface area contributed by atoms with Gasteiger partial charge in [-0.2, -0.15) is 5.21 Å². The number of nitrogens with one attached hydrogen (secondary N) is 1. The number of H-pyrrole nitrogens is 1. The van der Waals surface area contributed by atoms with Crippen molar-refractivity contribution in [2.24, 2.45) is 23.7 Å². The number of unbranched alkanes of at least 4 members (excludes halogenated alkanes) is 1. The van der Waals surface area contributed by atoms with E-state index >= 15 is 0 Å². The van der Waals surface area contributed by atoms with Crippen molar-refractivity contribution in [2.45, 2.75) is 66.5 Å². The first-order chi connectivity index (χ1) is 17.9. The Labute approximate surface area is 218 Å². The van der Waals surface area contributed by atoms with E-state index in [2.05, 4.69) is 67.5 Å². The Hall–Kier alpha value is -3.55. The smallest absolute Gasteiger partial charge is 0.295 e. The molecule has 0 bridgehead atoms. The summed E-state index contributed by atoms with van der Waals surface area (Å²) in [5, 5.41) is 14.5. The van der Waals surface area contributed by atoms with Gasteiger partial charge < -0.3 is 0 Å². The molecule has 1 N–H and O–H groups in total. The molecule has 0 saturated heterocycles. The highest BCUT2D eigenvalue weighted by molar-refractivity contribution is 5.79. The number of tetrazole rings is 1. The number of aromatic nitrogens is 7. The number of nitrogens with zero attached hydrogens (tertiary/aromatic N) is 6. The van der Waals surface area contributed by atoms with Gasteiger partial charge in [0.25, 0.3) is 0 Å². The lowest BCUT2D eigenvalue weighted by Crippen LogP contribution is -2.26. The average Bonchev–Trinajstić information content (AvgIpc) is 3.26. The standard InChI is InChI=1S/C29H37N7O/c1-6-7-10-22-17-36(27-25(18(2)3)26(27)19(4)5)29(37)35(22)16-21-14-13-20(15-30-21)23-11-8-9-12-24(23)28-31-33-34-32-28/h8-9,11-15,17-19,25-27H,6-7,10,16H2,1-5H3,(H,31,32,33,34). The second-order valence-corrected chi connectivity index (χ2v) is 11.0. The van der Waals surface area contributed by atoms with Gasteiger partial charge in [0.05, 0.1) is 12.2 Å². The fourth-order valence-electron chi connectivity index (χ4n) is 5.92. The van der Waals surface area contributed by atoms with E-state index in [4.69, 9.17) is 4.98 Å². The summed E-state index contributed by atoms with van der Waals surface area (Å²) < 4.78 is 3.98. The van der Waals surface area contributed by atoms with Crippen LogP contribution < -0.4 is 5.69 Å². The van der Waals surface area contributed by atoms with Crippen LogP contribution in [-0.4, -0.2) is 34.7 Å². The summed E-state index contributed by atoms with van der Waals surface area (Å²) in [7, 11) is 0. The zero-order chi connectivity index (χ0) is 26.1. The van der Waals surface area contributed by atoms with E-state index in [0.29, 0.717) is 42.1 Å². The van der Waals surface area contributed by atoms with Crippen molar-refractivity contribution in [2.75, 3.05) is 0 Å². The Morgan fingerprint density at radius 2 is 1.73 bits per heavy atom. The molecule has 2 unspecified atom stereocenters. The van der Waals surface area contributed by atoms with Crippen LogP contribution in [0.5, 0.6) is 0 Å². The Morgan fingerprint density at radius 1 is 1.00 bits per heavy atom. The van der Waals surface area contributed by atoms with E-state index in [1.807, 2.05) is 45.7 Å². The fourth-order valence-corrected chi connectivity index (χ4v) is 5.92. The zero-order valence-corrected chi connectivity index (χ0v) is 22.4. The topological polar surface area (TPSA) is 94.3 Å². The van der Waals surface area contributed by atoms with Gasteiger partial charge in [0.1, 0.15) is 0 Å².